The Hall–Kier alpha value is -2.82. The zero-order valence-electron chi connectivity index (χ0n) is 14.8. The van der Waals surface area contributed by atoms with Gasteiger partial charge in [0.1, 0.15) is 11.5 Å². The van der Waals surface area contributed by atoms with Crippen LogP contribution in [0.25, 0.3) is 0 Å². The summed E-state index contributed by atoms with van der Waals surface area (Å²) >= 11 is 0. The fraction of sp³-hybridized carbons (Fsp3) is 0.300. The molecule has 0 saturated heterocycles. The molecule has 5 heteroatoms. The number of carbonyl (C=O) groups excluding carboxylic acids is 1. The number of hydrogen-bond donors (Lipinski definition) is 2. The Labute approximate surface area is 148 Å². The van der Waals surface area contributed by atoms with Crippen LogP contribution in [0.15, 0.2) is 53.6 Å². The third-order valence-electron chi connectivity index (χ3n) is 3.69. The van der Waals surface area contributed by atoms with Crippen molar-refractivity contribution < 1.29 is 14.6 Å². The van der Waals surface area contributed by atoms with Crippen LogP contribution in [0.3, 0.4) is 0 Å². The number of hydrazone groups is 1. The fourth-order valence-corrected chi connectivity index (χ4v) is 2.25. The van der Waals surface area contributed by atoms with Gasteiger partial charge in [0.25, 0.3) is 5.91 Å². The van der Waals surface area contributed by atoms with Crippen LogP contribution in [0.4, 0.5) is 0 Å². The number of nitrogens with zero attached hydrogens (tertiary/aromatic N) is 1. The highest BCUT2D eigenvalue weighted by Crippen LogP contribution is 2.20. The average molecular weight is 340 g/mol. The molecule has 0 spiro atoms. The summed E-state index contributed by atoms with van der Waals surface area (Å²) in [7, 11) is 0. The van der Waals surface area contributed by atoms with E-state index in [9.17, 15) is 9.90 Å². The lowest BCUT2D eigenvalue weighted by molar-refractivity contribution is -0.134. The molecule has 0 radical (unpaired) electrons. The van der Waals surface area contributed by atoms with E-state index in [4.69, 9.17) is 4.74 Å². The van der Waals surface area contributed by atoms with E-state index >= 15 is 0 Å². The minimum atomic E-state index is -1.08. The summed E-state index contributed by atoms with van der Waals surface area (Å²) in [6.07, 6.45) is 3.50. The van der Waals surface area contributed by atoms with Crippen molar-refractivity contribution in [2.75, 3.05) is 0 Å². The smallest absolute Gasteiger partial charge is 0.283 e. The molecule has 0 aliphatic heterocycles. The second-order valence-corrected chi connectivity index (χ2v) is 6.26. The van der Waals surface area contributed by atoms with Crippen LogP contribution in [0, 0.1) is 0 Å². The molecule has 2 rings (SSSR count). The minimum Gasteiger partial charge on any atom is -0.507 e. The first kappa shape index (κ1) is 18.5. The topological polar surface area (TPSA) is 70.9 Å². The number of phenols is 1. The SMILES string of the molecule is CCCc1ccc(OC(C)(C)C(=O)N/N=C/c2ccccc2O)cc1. The van der Waals surface area contributed by atoms with Crippen LogP contribution in [-0.4, -0.2) is 22.8 Å². The average Bonchev–Trinajstić information content (AvgIpc) is 2.58. The quantitative estimate of drug-likeness (QED) is 0.597. The normalized spacial score (nSPS) is 11.5. The van der Waals surface area contributed by atoms with Gasteiger partial charge in [0, 0.05) is 5.56 Å². The molecule has 2 aromatic carbocycles. The second-order valence-electron chi connectivity index (χ2n) is 6.26. The summed E-state index contributed by atoms with van der Waals surface area (Å²) in [4.78, 5) is 12.3. The van der Waals surface area contributed by atoms with E-state index in [-0.39, 0.29) is 11.7 Å². The predicted octanol–water partition coefficient (Wildman–Crippen LogP) is 3.65. The maximum Gasteiger partial charge on any atom is 0.283 e. The summed E-state index contributed by atoms with van der Waals surface area (Å²) in [5.41, 5.74) is 3.13. The number of phenolic OH excluding ortho intramolecular Hbond substituents is 1. The van der Waals surface area contributed by atoms with Crippen molar-refractivity contribution in [1.82, 2.24) is 5.43 Å². The Balaban J connectivity index is 1.96. The van der Waals surface area contributed by atoms with Gasteiger partial charge in [0.05, 0.1) is 6.21 Å². The van der Waals surface area contributed by atoms with E-state index in [1.54, 1.807) is 38.1 Å². The van der Waals surface area contributed by atoms with Gasteiger partial charge >= 0.3 is 0 Å². The highest BCUT2D eigenvalue weighted by atomic mass is 16.5. The maximum atomic E-state index is 12.3. The minimum absolute atomic E-state index is 0.100. The summed E-state index contributed by atoms with van der Waals surface area (Å²) in [5, 5.41) is 13.5. The Bertz CT molecular complexity index is 737. The molecular weight excluding hydrogens is 316 g/mol. The van der Waals surface area contributed by atoms with Crippen LogP contribution in [0.2, 0.25) is 0 Å². The van der Waals surface area contributed by atoms with E-state index in [0.29, 0.717) is 11.3 Å². The zero-order valence-corrected chi connectivity index (χ0v) is 14.8. The first-order chi connectivity index (χ1) is 11.9. The van der Waals surface area contributed by atoms with Gasteiger partial charge in [-0.3, -0.25) is 4.79 Å². The molecule has 25 heavy (non-hydrogen) atoms. The van der Waals surface area contributed by atoms with Gasteiger partial charge in [0.2, 0.25) is 0 Å². The number of rotatable bonds is 7. The summed E-state index contributed by atoms with van der Waals surface area (Å²) in [6, 6.07) is 14.5. The van der Waals surface area contributed by atoms with Gasteiger partial charge < -0.3 is 9.84 Å². The number of amides is 1. The molecule has 0 aromatic heterocycles. The third kappa shape index (κ3) is 5.35. The van der Waals surface area contributed by atoms with E-state index in [0.717, 1.165) is 12.8 Å². The van der Waals surface area contributed by atoms with Crippen LogP contribution < -0.4 is 10.2 Å². The highest BCUT2D eigenvalue weighted by molar-refractivity contribution is 5.87. The largest absolute Gasteiger partial charge is 0.507 e. The van der Waals surface area contributed by atoms with Crippen molar-refractivity contribution in [1.29, 1.82) is 0 Å². The lowest BCUT2D eigenvalue weighted by Crippen LogP contribution is -2.44. The Morgan fingerprint density at radius 1 is 1.20 bits per heavy atom. The molecule has 0 aliphatic carbocycles. The molecule has 2 N–H and O–H groups in total. The van der Waals surface area contributed by atoms with Crippen LogP contribution >= 0.6 is 0 Å². The zero-order chi connectivity index (χ0) is 18.3. The van der Waals surface area contributed by atoms with Crippen molar-refractivity contribution in [2.45, 2.75) is 39.2 Å². The van der Waals surface area contributed by atoms with Gasteiger partial charge in [-0.15, -0.1) is 0 Å². The van der Waals surface area contributed by atoms with Gasteiger partial charge in [-0.05, 0) is 50.1 Å². The Morgan fingerprint density at radius 3 is 2.52 bits per heavy atom. The monoisotopic (exact) mass is 340 g/mol. The Kier molecular flexibility index (Phi) is 6.17. The van der Waals surface area contributed by atoms with Gasteiger partial charge in [-0.2, -0.15) is 5.10 Å². The van der Waals surface area contributed by atoms with Crippen molar-refractivity contribution in [3.63, 3.8) is 0 Å². The maximum absolute atomic E-state index is 12.3. The lowest BCUT2D eigenvalue weighted by Gasteiger charge is -2.24. The molecule has 0 bridgehead atoms. The van der Waals surface area contributed by atoms with Crippen molar-refractivity contribution in [3.8, 4) is 11.5 Å². The molecule has 2 aromatic rings. The van der Waals surface area contributed by atoms with Crippen LogP contribution in [0.1, 0.15) is 38.3 Å². The molecule has 0 fully saturated rings. The van der Waals surface area contributed by atoms with Crippen LogP contribution in [-0.2, 0) is 11.2 Å². The summed E-state index contributed by atoms with van der Waals surface area (Å²) < 4.78 is 5.79. The first-order valence-electron chi connectivity index (χ1n) is 8.32. The molecule has 0 saturated carbocycles. The highest BCUT2D eigenvalue weighted by Gasteiger charge is 2.29. The number of aryl methyl sites for hydroxylation is 1. The van der Waals surface area contributed by atoms with Crippen molar-refractivity contribution >= 4 is 12.1 Å². The first-order valence-corrected chi connectivity index (χ1v) is 8.32. The van der Waals surface area contributed by atoms with E-state index in [1.165, 1.54) is 11.8 Å². The van der Waals surface area contributed by atoms with Gasteiger partial charge in [-0.25, -0.2) is 5.43 Å². The molecule has 132 valence electrons. The molecule has 5 nitrogen and oxygen atoms in total. The number of ether oxygens (including phenoxy) is 1. The fourth-order valence-electron chi connectivity index (χ4n) is 2.25. The van der Waals surface area contributed by atoms with Crippen LogP contribution in [0.5, 0.6) is 11.5 Å². The third-order valence-corrected chi connectivity index (χ3v) is 3.69. The number of benzene rings is 2. The van der Waals surface area contributed by atoms with Gasteiger partial charge in [0.15, 0.2) is 5.60 Å². The van der Waals surface area contributed by atoms with Crippen molar-refractivity contribution in [2.24, 2.45) is 5.10 Å². The number of nitrogens with one attached hydrogen (secondary N) is 1. The van der Waals surface area contributed by atoms with E-state index in [1.807, 2.05) is 24.3 Å². The number of hydrogen-bond acceptors (Lipinski definition) is 4. The second kappa shape index (κ2) is 8.33. The Morgan fingerprint density at radius 2 is 1.88 bits per heavy atom. The molecule has 0 unspecified atom stereocenters. The molecular formula is C20H24N2O3. The molecule has 0 atom stereocenters. The summed E-state index contributed by atoms with van der Waals surface area (Å²) in [5.74, 6) is 0.352. The lowest BCUT2D eigenvalue weighted by atomic mass is 10.1. The molecule has 1 amide bonds. The molecule has 0 heterocycles. The summed E-state index contributed by atoms with van der Waals surface area (Å²) in [6.45, 7) is 5.49. The number of aromatic hydroxyl groups is 1. The molecule has 0 aliphatic rings. The van der Waals surface area contributed by atoms with E-state index < -0.39 is 5.60 Å². The standard InChI is InChI=1S/C20H24N2O3/c1-4-7-15-10-12-17(13-11-15)25-20(2,3)19(24)22-21-14-16-8-5-6-9-18(16)23/h5-6,8-14,23H,4,7H2,1-3H3,(H,22,24)/b21-14+. The predicted molar refractivity (Wildman–Crippen MR) is 99.0 cm³/mol. The van der Waals surface area contributed by atoms with Gasteiger partial charge in [-0.1, -0.05) is 37.6 Å². The van der Waals surface area contributed by atoms with E-state index in [2.05, 4.69) is 17.5 Å². The van der Waals surface area contributed by atoms with Crippen molar-refractivity contribution in [3.05, 3.63) is 59.7 Å². The number of carbonyl (C=O) groups is 1. The number of para-hydroxylation sites is 1.